The molecule has 0 radical (unpaired) electrons. The number of rotatable bonds is 7. The first-order chi connectivity index (χ1) is 14.9. The number of carbonyl (C=O) groups is 1. The molecule has 0 fully saturated rings. The van der Waals surface area contributed by atoms with Crippen LogP contribution in [0.5, 0.6) is 0 Å². The van der Waals surface area contributed by atoms with Crippen molar-refractivity contribution < 1.29 is 13.6 Å². The summed E-state index contributed by atoms with van der Waals surface area (Å²) >= 11 is 1.65. The molecule has 0 aliphatic heterocycles. The van der Waals surface area contributed by atoms with Gasteiger partial charge in [-0.15, -0.1) is 11.8 Å². The van der Waals surface area contributed by atoms with Crippen molar-refractivity contribution in [3.8, 4) is 0 Å². The average molecular weight is 438 g/mol. The van der Waals surface area contributed by atoms with Crippen LogP contribution in [0.2, 0.25) is 0 Å². The molecule has 1 heterocycles. The topological polar surface area (TPSA) is 46.9 Å². The van der Waals surface area contributed by atoms with E-state index < -0.39 is 5.92 Å². The molecule has 0 bridgehead atoms. The zero-order valence-corrected chi connectivity index (χ0v) is 17.9. The van der Waals surface area contributed by atoms with E-state index in [1.807, 2.05) is 35.1 Å². The Morgan fingerprint density at radius 3 is 2.52 bits per heavy atom. The van der Waals surface area contributed by atoms with Gasteiger partial charge in [0.05, 0.1) is 17.6 Å². The number of nitrogens with one attached hydrogen (secondary N) is 1. The van der Waals surface area contributed by atoms with E-state index in [0.29, 0.717) is 22.6 Å². The number of hydrogen-bond donors (Lipinski definition) is 1. The number of halogens is 2. The number of nitrogens with zero attached hydrogens (tertiary/aromatic N) is 2. The van der Waals surface area contributed by atoms with Crippen molar-refractivity contribution in [3.05, 3.63) is 83.4 Å². The monoisotopic (exact) mass is 437 g/mol. The molecule has 0 aliphatic carbocycles. The van der Waals surface area contributed by atoms with Gasteiger partial charge in [0.15, 0.2) is 0 Å². The second-order valence-corrected chi connectivity index (χ2v) is 8.17. The number of fused-ring (bicyclic) bond motifs is 1. The zero-order chi connectivity index (χ0) is 22.0. The van der Waals surface area contributed by atoms with Crippen molar-refractivity contribution in [2.24, 2.45) is 0 Å². The normalized spacial score (nSPS) is 11.6. The van der Waals surface area contributed by atoms with Crippen LogP contribution < -0.4 is 5.32 Å². The van der Waals surface area contributed by atoms with Gasteiger partial charge in [0.1, 0.15) is 6.29 Å². The van der Waals surface area contributed by atoms with Gasteiger partial charge in [-0.2, -0.15) is 0 Å². The van der Waals surface area contributed by atoms with Crippen LogP contribution in [0.4, 0.5) is 20.4 Å². The van der Waals surface area contributed by atoms with Crippen molar-refractivity contribution in [3.63, 3.8) is 0 Å². The molecule has 3 aromatic carbocycles. The predicted molar refractivity (Wildman–Crippen MR) is 122 cm³/mol. The SMILES string of the molecule is CSc1ccc(Nc2nc3cc(C=O)ccc3n2Cc2ccccc2C(C)(F)F)cc1. The van der Waals surface area contributed by atoms with Crippen LogP contribution in [-0.4, -0.2) is 22.1 Å². The van der Waals surface area contributed by atoms with E-state index in [0.717, 1.165) is 29.3 Å². The van der Waals surface area contributed by atoms with E-state index in [2.05, 4.69) is 10.3 Å². The smallest absolute Gasteiger partial charge is 0.270 e. The first kappa shape index (κ1) is 21.1. The van der Waals surface area contributed by atoms with E-state index in [1.165, 1.54) is 6.07 Å². The lowest BCUT2D eigenvalue weighted by molar-refractivity contribution is 0.0165. The highest BCUT2D eigenvalue weighted by Crippen LogP contribution is 2.32. The molecule has 0 spiro atoms. The third-order valence-corrected chi connectivity index (χ3v) is 5.82. The molecule has 4 aromatic rings. The fraction of sp³-hybridized carbons (Fsp3) is 0.167. The van der Waals surface area contributed by atoms with E-state index in [9.17, 15) is 13.6 Å². The summed E-state index contributed by atoms with van der Waals surface area (Å²) in [5, 5.41) is 3.30. The number of benzene rings is 3. The molecule has 0 amide bonds. The molecular weight excluding hydrogens is 416 g/mol. The molecule has 31 heavy (non-hydrogen) atoms. The van der Waals surface area contributed by atoms with E-state index in [4.69, 9.17) is 0 Å². The Morgan fingerprint density at radius 1 is 1.10 bits per heavy atom. The summed E-state index contributed by atoms with van der Waals surface area (Å²) in [5.41, 5.74) is 3.20. The highest BCUT2D eigenvalue weighted by molar-refractivity contribution is 7.98. The average Bonchev–Trinajstić information content (AvgIpc) is 3.10. The van der Waals surface area contributed by atoms with Crippen LogP contribution in [0.3, 0.4) is 0 Å². The maximum absolute atomic E-state index is 14.2. The Balaban J connectivity index is 1.81. The Labute approximate surface area is 183 Å². The Morgan fingerprint density at radius 2 is 1.84 bits per heavy atom. The van der Waals surface area contributed by atoms with Crippen molar-refractivity contribution in [2.75, 3.05) is 11.6 Å². The van der Waals surface area contributed by atoms with Gasteiger partial charge in [-0.25, -0.2) is 13.8 Å². The Kier molecular flexibility index (Phi) is 5.78. The molecule has 0 saturated heterocycles. The largest absolute Gasteiger partial charge is 0.326 e. The van der Waals surface area contributed by atoms with E-state index in [1.54, 1.807) is 48.2 Å². The summed E-state index contributed by atoms with van der Waals surface area (Å²) in [5.74, 6) is -2.44. The summed E-state index contributed by atoms with van der Waals surface area (Å²) in [4.78, 5) is 17.0. The van der Waals surface area contributed by atoms with Crippen molar-refractivity contribution in [1.29, 1.82) is 0 Å². The molecule has 0 unspecified atom stereocenters. The van der Waals surface area contributed by atoms with Gasteiger partial charge in [-0.05, 0) is 54.3 Å². The van der Waals surface area contributed by atoms with Crippen molar-refractivity contribution >= 4 is 40.7 Å². The third-order valence-electron chi connectivity index (χ3n) is 5.07. The predicted octanol–water partition coefficient (Wildman–Crippen LogP) is 6.47. The lowest BCUT2D eigenvalue weighted by Gasteiger charge is -2.18. The van der Waals surface area contributed by atoms with Gasteiger partial charge in [0.2, 0.25) is 5.95 Å². The highest BCUT2D eigenvalue weighted by atomic mass is 32.2. The quantitative estimate of drug-likeness (QED) is 0.266. The fourth-order valence-corrected chi connectivity index (χ4v) is 3.94. The van der Waals surface area contributed by atoms with E-state index in [-0.39, 0.29) is 12.1 Å². The maximum Gasteiger partial charge on any atom is 0.270 e. The summed E-state index contributed by atoms with van der Waals surface area (Å²) < 4.78 is 30.2. The van der Waals surface area contributed by atoms with Crippen LogP contribution in [0.1, 0.15) is 28.4 Å². The summed E-state index contributed by atoms with van der Waals surface area (Å²) in [6.45, 7) is 1.11. The van der Waals surface area contributed by atoms with Gasteiger partial charge in [0, 0.05) is 28.6 Å². The van der Waals surface area contributed by atoms with Gasteiger partial charge >= 0.3 is 0 Å². The Hall–Kier alpha value is -3.19. The highest BCUT2D eigenvalue weighted by Gasteiger charge is 2.27. The number of carbonyl (C=O) groups excluding carboxylic acids is 1. The molecule has 7 heteroatoms. The molecule has 1 aromatic heterocycles. The second-order valence-electron chi connectivity index (χ2n) is 7.29. The maximum atomic E-state index is 14.2. The standard InChI is InChI=1S/C24H21F2N3OS/c1-24(25,26)20-6-4-3-5-17(20)14-29-22-12-7-16(15-30)13-21(22)28-23(29)27-18-8-10-19(31-2)11-9-18/h3-13,15H,14H2,1-2H3,(H,27,28). The Bertz CT molecular complexity index is 1230. The molecule has 0 aliphatic rings. The van der Waals surface area contributed by atoms with Crippen LogP contribution >= 0.6 is 11.8 Å². The van der Waals surface area contributed by atoms with E-state index >= 15 is 0 Å². The number of hydrogen-bond acceptors (Lipinski definition) is 4. The van der Waals surface area contributed by atoms with Crippen molar-refractivity contribution in [2.45, 2.75) is 24.3 Å². The van der Waals surface area contributed by atoms with Crippen molar-refractivity contribution in [1.82, 2.24) is 9.55 Å². The molecular formula is C24H21F2N3OS. The third kappa shape index (κ3) is 4.46. The number of aldehydes is 1. The molecule has 4 rings (SSSR count). The summed E-state index contributed by atoms with van der Waals surface area (Å²) in [6, 6.07) is 19.6. The first-order valence-electron chi connectivity index (χ1n) is 9.72. The van der Waals surface area contributed by atoms with Gasteiger partial charge in [-0.1, -0.05) is 24.3 Å². The molecule has 4 nitrogen and oxygen atoms in total. The summed E-state index contributed by atoms with van der Waals surface area (Å²) in [6.07, 6.45) is 2.77. The van der Waals surface area contributed by atoms with Crippen LogP contribution in [0.25, 0.3) is 11.0 Å². The van der Waals surface area contributed by atoms with Gasteiger partial charge in [-0.3, -0.25) is 4.79 Å². The van der Waals surface area contributed by atoms with Crippen LogP contribution in [-0.2, 0) is 12.5 Å². The van der Waals surface area contributed by atoms with Crippen LogP contribution in [0.15, 0.2) is 71.6 Å². The lowest BCUT2D eigenvalue weighted by Crippen LogP contribution is -2.13. The molecule has 1 N–H and O–H groups in total. The van der Waals surface area contributed by atoms with Gasteiger partial charge < -0.3 is 9.88 Å². The molecule has 158 valence electrons. The molecule has 0 saturated carbocycles. The second kappa shape index (κ2) is 8.51. The van der Waals surface area contributed by atoms with Crippen LogP contribution in [0, 0.1) is 0 Å². The fourth-order valence-electron chi connectivity index (χ4n) is 3.54. The lowest BCUT2D eigenvalue weighted by atomic mass is 10.0. The number of thioether (sulfide) groups is 1. The minimum atomic E-state index is -2.96. The number of imidazole rings is 1. The summed E-state index contributed by atoms with van der Waals surface area (Å²) in [7, 11) is 0. The number of alkyl halides is 2. The minimum absolute atomic E-state index is 0.0170. The number of anilines is 2. The molecule has 0 atom stereocenters. The number of aromatic nitrogens is 2. The van der Waals surface area contributed by atoms with Gasteiger partial charge in [0.25, 0.3) is 5.92 Å². The zero-order valence-electron chi connectivity index (χ0n) is 17.1. The first-order valence-corrected chi connectivity index (χ1v) is 10.9. The minimum Gasteiger partial charge on any atom is -0.326 e.